The molecule has 0 fully saturated rings. The van der Waals surface area contributed by atoms with Crippen molar-refractivity contribution in [3.05, 3.63) is 70.8 Å². The van der Waals surface area contributed by atoms with E-state index >= 15 is 0 Å². The highest BCUT2D eigenvalue weighted by Gasteiger charge is 1.97. The van der Waals surface area contributed by atoms with Gasteiger partial charge < -0.3 is 22.9 Å². The van der Waals surface area contributed by atoms with Crippen LogP contribution in [0.15, 0.2) is 68.9 Å². The molecule has 8 heteroatoms. The molecular weight excluding hydrogens is 316 g/mol. The van der Waals surface area contributed by atoms with Crippen LogP contribution in [0.25, 0.3) is 0 Å². The van der Waals surface area contributed by atoms with E-state index in [1.165, 1.54) is 11.1 Å². The molecule has 0 aliphatic heterocycles. The largest absolute Gasteiger partial charge is 0.369 e. The van der Waals surface area contributed by atoms with Gasteiger partial charge in [-0.15, -0.1) is 10.2 Å². The minimum atomic E-state index is -0.0698. The molecule has 0 bridgehead atoms. The minimum absolute atomic E-state index is 0.0698. The molecule has 2 aromatic rings. The fourth-order valence-electron chi connectivity index (χ4n) is 2.00. The van der Waals surface area contributed by atoms with E-state index in [4.69, 9.17) is 22.9 Å². The molecule has 25 heavy (non-hydrogen) atoms. The Balaban J connectivity index is 1.98. The third kappa shape index (κ3) is 6.53. The molecule has 2 aromatic carbocycles. The van der Waals surface area contributed by atoms with Crippen molar-refractivity contribution < 1.29 is 0 Å². The molecule has 0 heterocycles. The van der Waals surface area contributed by atoms with Crippen molar-refractivity contribution in [3.8, 4) is 0 Å². The summed E-state index contributed by atoms with van der Waals surface area (Å²) in [6.45, 7) is 0. The number of guanidine groups is 2. The highest BCUT2D eigenvalue weighted by molar-refractivity contribution is 5.82. The monoisotopic (exact) mass is 336 g/mol. The van der Waals surface area contributed by atoms with E-state index in [0.29, 0.717) is 0 Å². The Labute approximate surface area is 145 Å². The average molecular weight is 336 g/mol. The van der Waals surface area contributed by atoms with E-state index in [2.05, 4.69) is 20.4 Å². The van der Waals surface area contributed by atoms with Crippen molar-refractivity contribution in [1.82, 2.24) is 0 Å². The number of nitrogens with two attached hydrogens (primary N) is 4. The smallest absolute Gasteiger partial charge is 0.211 e. The number of nitrogens with zero attached hydrogens (tertiary/aromatic N) is 4. The third-order valence-electron chi connectivity index (χ3n) is 3.13. The van der Waals surface area contributed by atoms with Crippen LogP contribution in [-0.4, -0.2) is 24.3 Å². The Morgan fingerprint density at radius 3 is 1.32 bits per heavy atom. The first-order valence-electron chi connectivity index (χ1n) is 7.45. The predicted octanol–water partition coefficient (Wildman–Crippen LogP) is 0.492. The van der Waals surface area contributed by atoms with E-state index in [-0.39, 0.29) is 11.9 Å². The van der Waals surface area contributed by atoms with Crippen LogP contribution >= 0.6 is 0 Å². The molecule has 8 N–H and O–H groups in total. The molecule has 0 aliphatic carbocycles. The van der Waals surface area contributed by atoms with Crippen LogP contribution in [0.3, 0.4) is 0 Å². The molecular formula is C17H20N8. The number of hydrogen-bond acceptors (Lipinski definition) is 4. The second-order valence-corrected chi connectivity index (χ2v) is 5.20. The van der Waals surface area contributed by atoms with Gasteiger partial charge in [-0.25, -0.2) is 0 Å². The zero-order chi connectivity index (χ0) is 18.1. The molecule has 0 radical (unpaired) electrons. The molecule has 2 rings (SSSR count). The van der Waals surface area contributed by atoms with Gasteiger partial charge in [0.15, 0.2) is 0 Å². The van der Waals surface area contributed by atoms with Gasteiger partial charge in [0.05, 0.1) is 12.4 Å². The summed E-state index contributed by atoms with van der Waals surface area (Å²) in [6, 6.07) is 16.0. The van der Waals surface area contributed by atoms with Crippen LogP contribution in [0.4, 0.5) is 0 Å². The first kappa shape index (κ1) is 17.7. The molecule has 0 aliphatic rings. The first-order chi connectivity index (χ1) is 12.0. The summed E-state index contributed by atoms with van der Waals surface area (Å²) in [5.74, 6) is -0.140. The molecule has 0 saturated carbocycles. The summed E-state index contributed by atoms with van der Waals surface area (Å²) < 4.78 is 0. The second kappa shape index (κ2) is 8.82. The molecule has 0 spiro atoms. The van der Waals surface area contributed by atoms with E-state index in [1.54, 1.807) is 12.4 Å². The summed E-state index contributed by atoms with van der Waals surface area (Å²) in [5.41, 5.74) is 25.0. The molecule has 0 unspecified atom stereocenters. The average Bonchev–Trinajstić information content (AvgIpc) is 2.57. The topological polar surface area (TPSA) is 154 Å². The summed E-state index contributed by atoms with van der Waals surface area (Å²) in [6.07, 6.45) is 4.00. The van der Waals surface area contributed by atoms with Crippen LogP contribution in [-0.2, 0) is 6.42 Å². The van der Waals surface area contributed by atoms with Gasteiger partial charge in [-0.3, -0.25) is 0 Å². The summed E-state index contributed by atoms with van der Waals surface area (Å²) in [4.78, 5) is 0. The van der Waals surface area contributed by atoms with E-state index in [9.17, 15) is 0 Å². The van der Waals surface area contributed by atoms with Gasteiger partial charge in [0.25, 0.3) is 0 Å². The lowest BCUT2D eigenvalue weighted by Gasteiger charge is -2.03. The highest BCUT2D eigenvalue weighted by atomic mass is 15.3. The molecule has 128 valence electrons. The summed E-state index contributed by atoms with van der Waals surface area (Å²) in [5, 5.41) is 14.7. The van der Waals surface area contributed by atoms with Gasteiger partial charge in [0.2, 0.25) is 11.9 Å². The fraction of sp³-hybridized carbons (Fsp3) is 0.0588. The second-order valence-electron chi connectivity index (χ2n) is 5.20. The number of rotatable bonds is 6. The zero-order valence-corrected chi connectivity index (χ0v) is 13.6. The van der Waals surface area contributed by atoms with Crippen molar-refractivity contribution >= 4 is 24.3 Å². The van der Waals surface area contributed by atoms with Crippen LogP contribution in [0.5, 0.6) is 0 Å². The Bertz CT molecular complexity index is 724. The lowest BCUT2D eigenvalue weighted by molar-refractivity contribution is 1.19. The maximum atomic E-state index is 5.21. The summed E-state index contributed by atoms with van der Waals surface area (Å²) in [7, 11) is 0. The van der Waals surface area contributed by atoms with Crippen LogP contribution in [0, 0.1) is 0 Å². The van der Waals surface area contributed by atoms with Gasteiger partial charge in [-0.2, -0.15) is 10.2 Å². The van der Waals surface area contributed by atoms with Gasteiger partial charge in [0.1, 0.15) is 0 Å². The van der Waals surface area contributed by atoms with Gasteiger partial charge in [-0.1, -0.05) is 48.5 Å². The van der Waals surface area contributed by atoms with Crippen LogP contribution in [0.2, 0.25) is 0 Å². The standard InChI is InChI=1S/C17H20N8/c18-16(19)24-22-10-14-5-1-12(2-6-14)9-13-3-7-15(8-4-13)11-23-25-17(20)21/h1-8,10-11H,9H2,(H4,18,19,24)(H4,20,21,25)/b22-10-,23-11-. The Morgan fingerprint density at radius 1 is 0.640 bits per heavy atom. The first-order valence-corrected chi connectivity index (χ1v) is 7.45. The fourth-order valence-corrected chi connectivity index (χ4v) is 2.00. The number of hydrogen-bond donors (Lipinski definition) is 4. The lowest BCUT2D eigenvalue weighted by Crippen LogP contribution is -2.21. The SMILES string of the molecule is NC(N)=N/N=C\c1ccc(Cc2ccc(/C=N\N=C(N)N)cc2)cc1. The molecule has 0 amide bonds. The van der Waals surface area contributed by atoms with Gasteiger partial charge in [-0.05, 0) is 28.7 Å². The van der Waals surface area contributed by atoms with Crippen molar-refractivity contribution in [2.45, 2.75) is 6.42 Å². The van der Waals surface area contributed by atoms with Gasteiger partial charge >= 0.3 is 0 Å². The highest BCUT2D eigenvalue weighted by Crippen LogP contribution is 2.11. The quantitative estimate of drug-likeness (QED) is 0.344. The maximum Gasteiger partial charge on any atom is 0.211 e. The number of benzene rings is 2. The third-order valence-corrected chi connectivity index (χ3v) is 3.13. The molecule has 0 saturated heterocycles. The normalized spacial score (nSPS) is 10.9. The van der Waals surface area contributed by atoms with E-state index in [1.807, 2.05) is 48.5 Å². The lowest BCUT2D eigenvalue weighted by atomic mass is 10.0. The Morgan fingerprint density at radius 2 is 1.00 bits per heavy atom. The van der Waals surface area contributed by atoms with Crippen LogP contribution < -0.4 is 22.9 Å². The van der Waals surface area contributed by atoms with E-state index in [0.717, 1.165) is 17.5 Å². The van der Waals surface area contributed by atoms with Crippen LogP contribution in [0.1, 0.15) is 22.3 Å². The Kier molecular flexibility index (Phi) is 6.24. The maximum absolute atomic E-state index is 5.21. The van der Waals surface area contributed by atoms with Crippen molar-refractivity contribution in [2.75, 3.05) is 0 Å². The predicted molar refractivity (Wildman–Crippen MR) is 102 cm³/mol. The molecule has 8 nitrogen and oxygen atoms in total. The van der Waals surface area contributed by atoms with Gasteiger partial charge in [0, 0.05) is 0 Å². The van der Waals surface area contributed by atoms with Crippen molar-refractivity contribution in [1.29, 1.82) is 0 Å². The Hall–Kier alpha value is -3.68. The molecule has 0 atom stereocenters. The van der Waals surface area contributed by atoms with E-state index < -0.39 is 0 Å². The minimum Gasteiger partial charge on any atom is -0.369 e. The zero-order valence-electron chi connectivity index (χ0n) is 13.6. The summed E-state index contributed by atoms with van der Waals surface area (Å²) >= 11 is 0. The van der Waals surface area contributed by atoms with Crippen molar-refractivity contribution in [2.24, 2.45) is 43.3 Å². The van der Waals surface area contributed by atoms with Crippen molar-refractivity contribution in [3.63, 3.8) is 0 Å². The molecule has 0 aromatic heterocycles.